The molecule has 8 nitrogen and oxygen atoms in total. The minimum absolute atomic E-state index is 0.0625. The van der Waals surface area contributed by atoms with Gasteiger partial charge < -0.3 is 15.5 Å². The maximum absolute atomic E-state index is 13.6. The first-order valence-electron chi connectivity index (χ1n) is 13.4. The average Bonchev–Trinajstić information content (AvgIpc) is 3.36. The summed E-state index contributed by atoms with van der Waals surface area (Å²) in [4.78, 5) is 39.9. The van der Waals surface area contributed by atoms with Gasteiger partial charge in [0.05, 0.1) is 12.5 Å². The Morgan fingerprint density at radius 2 is 1.72 bits per heavy atom. The molecule has 1 heterocycles. The van der Waals surface area contributed by atoms with E-state index >= 15 is 0 Å². The highest BCUT2D eigenvalue weighted by molar-refractivity contribution is 5.89. The second-order valence-corrected chi connectivity index (χ2v) is 11.7. The molecule has 0 bridgehead atoms. The molecule has 1 saturated heterocycles. The van der Waals surface area contributed by atoms with E-state index in [0.717, 1.165) is 44.2 Å². The first-order chi connectivity index (χ1) is 17.1. The number of carbonyl (C=O) groups is 3. The molecule has 0 radical (unpaired) electrons. The van der Waals surface area contributed by atoms with Gasteiger partial charge in [-0.3, -0.25) is 19.6 Å². The maximum Gasteiger partial charge on any atom is 0.245 e. The third-order valence-electron chi connectivity index (χ3n) is 7.62. The van der Waals surface area contributed by atoms with Crippen LogP contribution in [-0.2, 0) is 14.4 Å². The zero-order chi connectivity index (χ0) is 26.3. The molecule has 1 saturated carbocycles. The monoisotopic (exact) mass is 500 g/mol. The van der Waals surface area contributed by atoms with E-state index in [2.05, 4.69) is 41.8 Å². The Balaban J connectivity index is 1.61. The highest BCUT2D eigenvalue weighted by atomic mass is 16.5. The van der Waals surface area contributed by atoms with Crippen LogP contribution in [0.4, 0.5) is 5.69 Å². The van der Waals surface area contributed by atoms with Crippen molar-refractivity contribution in [2.45, 2.75) is 84.7 Å². The number of rotatable bonds is 10. The molecule has 1 aliphatic heterocycles. The second-order valence-electron chi connectivity index (χ2n) is 11.7. The zero-order valence-electron chi connectivity index (χ0n) is 22.3. The minimum Gasteiger partial charge on any atom is -0.382 e. The number of amides is 3. The van der Waals surface area contributed by atoms with Crippen LogP contribution in [0.25, 0.3) is 0 Å². The Hall–Kier alpha value is -2.61. The van der Waals surface area contributed by atoms with Crippen molar-refractivity contribution in [3.05, 3.63) is 29.8 Å². The predicted molar refractivity (Wildman–Crippen MR) is 140 cm³/mol. The molecule has 36 heavy (non-hydrogen) atoms. The summed E-state index contributed by atoms with van der Waals surface area (Å²) in [6.45, 7) is 9.13. The summed E-state index contributed by atoms with van der Waals surface area (Å²) in [6.07, 6.45) is 7.03. The van der Waals surface area contributed by atoms with Gasteiger partial charge in [0, 0.05) is 24.8 Å². The lowest BCUT2D eigenvalue weighted by atomic mass is 9.84. The number of aryl methyl sites for hydroxylation is 1. The van der Waals surface area contributed by atoms with E-state index in [1.165, 1.54) is 5.56 Å². The Labute approximate surface area is 215 Å². The summed E-state index contributed by atoms with van der Waals surface area (Å²) in [5.41, 5.74) is 1.83. The standard InChI is InChI=1S/C28H44N4O4/c1-20-9-11-23(12-10-20)29-24-13-15-31(16-14-24)27(35)25(28(2,3)4)30-26(34)22(18-32(36)19-33)17-21-7-5-6-8-21/h9-12,19,21-22,24-25,29,36H,5-8,13-18H2,1-4H3,(H,30,34)/t22?,25-/m1/s1. The lowest BCUT2D eigenvalue weighted by Crippen LogP contribution is -2.58. The van der Waals surface area contributed by atoms with Crippen LogP contribution >= 0.6 is 0 Å². The van der Waals surface area contributed by atoms with Gasteiger partial charge in [-0.1, -0.05) is 64.2 Å². The fourth-order valence-corrected chi connectivity index (χ4v) is 5.40. The number of likely N-dealkylation sites (tertiary alicyclic amines) is 1. The van der Waals surface area contributed by atoms with Crippen molar-refractivity contribution >= 4 is 23.9 Å². The van der Waals surface area contributed by atoms with Gasteiger partial charge in [0.25, 0.3) is 0 Å². The summed E-state index contributed by atoms with van der Waals surface area (Å²) < 4.78 is 0. The average molecular weight is 501 g/mol. The number of anilines is 1. The number of hydroxylamine groups is 2. The lowest BCUT2D eigenvalue weighted by Gasteiger charge is -2.39. The Morgan fingerprint density at radius 3 is 2.28 bits per heavy atom. The molecule has 3 rings (SSSR count). The maximum atomic E-state index is 13.6. The molecular weight excluding hydrogens is 456 g/mol. The van der Waals surface area contributed by atoms with E-state index < -0.39 is 17.4 Å². The third kappa shape index (κ3) is 7.95. The molecule has 0 spiro atoms. The van der Waals surface area contributed by atoms with Crippen molar-refractivity contribution < 1.29 is 19.6 Å². The molecule has 8 heteroatoms. The SMILES string of the molecule is Cc1ccc(NC2CCN(C(=O)[C@@H](NC(=O)C(CC3CCCC3)CN(O)C=O)C(C)(C)C)CC2)cc1. The van der Waals surface area contributed by atoms with E-state index in [1.54, 1.807) is 0 Å². The van der Waals surface area contributed by atoms with Crippen molar-refractivity contribution in [2.75, 3.05) is 25.0 Å². The molecule has 1 aliphatic carbocycles. The summed E-state index contributed by atoms with van der Waals surface area (Å²) in [5.74, 6) is -0.484. The molecule has 1 aromatic rings. The van der Waals surface area contributed by atoms with Crippen molar-refractivity contribution in [3.8, 4) is 0 Å². The molecule has 2 aliphatic rings. The molecule has 2 atom stereocenters. The summed E-state index contributed by atoms with van der Waals surface area (Å²) in [5, 5.41) is 16.9. The number of benzene rings is 1. The fraction of sp³-hybridized carbons (Fsp3) is 0.679. The van der Waals surface area contributed by atoms with Gasteiger partial charge in [-0.2, -0.15) is 0 Å². The zero-order valence-corrected chi connectivity index (χ0v) is 22.3. The molecule has 1 unspecified atom stereocenters. The van der Waals surface area contributed by atoms with Crippen LogP contribution in [0, 0.1) is 24.2 Å². The van der Waals surface area contributed by atoms with Crippen LogP contribution in [0.2, 0.25) is 0 Å². The fourth-order valence-electron chi connectivity index (χ4n) is 5.40. The number of piperidine rings is 1. The van der Waals surface area contributed by atoms with Crippen LogP contribution in [0.15, 0.2) is 24.3 Å². The highest BCUT2D eigenvalue weighted by Crippen LogP contribution is 2.31. The van der Waals surface area contributed by atoms with Gasteiger partial charge in [0.2, 0.25) is 18.2 Å². The normalized spacial score (nSPS) is 19.0. The Morgan fingerprint density at radius 1 is 1.11 bits per heavy atom. The molecule has 3 N–H and O–H groups in total. The smallest absolute Gasteiger partial charge is 0.245 e. The van der Waals surface area contributed by atoms with E-state index in [9.17, 15) is 19.6 Å². The number of nitrogens with zero attached hydrogens (tertiary/aromatic N) is 2. The van der Waals surface area contributed by atoms with Crippen molar-refractivity contribution in [2.24, 2.45) is 17.3 Å². The summed E-state index contributed by atoms with van der Waals surface area (Å²) in [7, 11) is 0. The third-order valence-corrected chi connectivity index (χ3v) is 7.62. The number of nitrogens with one attached hydrogen (secondary N) is 2. The lowest BCUT2D eigenvalue weighted by molar-refractivity contribution is -0.156. The highest BCUT2D eigenvalue weighted by Gasteiger charge is 2.38. The largest absolute Gasteiger partial charge is 0.382 e. The number of hydrogen-bond acceptors (Lipinski definition) is 5. The predicted octanol–water partition coefficient (Wildman–Crippen LogP) is 3.97. The van der Waals surface area contributed by atoms with Gasteiger partial charge in [0.15, 0.2) is 0 Å². The van der Waals surface area contributed by atoms with Gasteiger partial charge >= 0.3 is 0 Å². The molecule has 0 aromatic heterocycles. The number of hydrogen-bond donors (Lipinski definition) is 3. The van der Waals surface area contributed by atoms with Crippen molar-refractivity contribution in [1.82, 2.24) is 15.3 Å². The van der Waals surface area contributed by atoms with Crippen LogP contribution in [-0.4, -0.2) is 65.1 Å². The molecule has 3 amide bonds. The molecular formula is C28H44N4O4. The Bertz CT molecular complexity index is 869. The number of carbonyl (C=O) groups excluding carboxylic acids is 3. The topological polar surface area (TPSA) is 102 Å². The quantitative estimate of drug-likeness (QED) is 0.256. The van der Waals surface area contributed by atoms with E-state index in [-0.39, 0.29) is 18.4 Å². The van der Waals surface area contributed by atoms with E-state index in [1.807, 2.05) is 25.7 Å². The molecule has 2 fully saturated rings. The second kappa shape index (κ2) is 12.6. The van der Waals surface area contributed by atoms with Gasteiger partial charge in [0.1, 0.15) is 6.04 Å². The Kier molecular flexibility index (Phi) is 9.77. The van der Waals surface area contributed by atoms with Crippen LogP contribution in [0.3, 0.4) is 0 Å². The van der Waals surface area contributed by atoms with E-state index in [4.69, 9.17) is 0 Å². The van der Waals surface area contributed by atoms with Gasteiger partial charge in [-0.05, 0) is 49.7 Å². The van der Waals surface area contributed by atoms with Gasteiger partial charge in [-0.15, -0.1) is 0 Å². The van der Waals surface area contributed by atoms with Crippen LogP contribution in [0.5, 0.6) is 0 Å². The molecule has 200 valence electrons. The van der Waals surface area contributed by atoms with Crippen LogP contribution in [0.1, 0.15) is 71.3 Å². The first-order valence-corrected chi connectivity index (χ1v) is 13.4. The minimum atomic E-state index is -0.680. The van der Waals surface area contributed by atoms with Crippen LogP contribution < -0.4 is 10.6 Å². The summed E-state index contributed by atoms with van der Waals surface area (Å²) in [6, 6.07) is 7.96. The molecule has 1 aromatic carbocycles. The van der Waals surface area contributed by atoms with Crippen molar-refractivity contribution in [3.63, 3.8) is 0 Å². The van der Waals surface area contributed by atoms with E-state index in [0.29, 0.717) is 42.9 Å². The van der Waals surface area contributed by atoms with Crippen molar-refractivity contribution in [1.29, 1.82) is 0 Å². The van der Waals surface area contributed by atoms with Gasteiger partial charge in [-0.25, -0.2) is 5.06 Å². The summed E-state index contributed by atoms with van der Waals surface area (Å²) >= 11 is 0. The first kappa shape index (κ1) is 28.0.